The highest BCUT2D eigenvalue weighted by atomic mass is 35.5. The first-order valence-corrected chi connectivity index (χ1v) is 3.88. The molecule has 0 aliphatic heterocycles. The van der Waals surface area contributed by atoms with Gasteiger partial charge in [-0.3, -0.25) is 0 Å². The van der Waals surface area contributed by atoms with Gasteiger partial charge in [0.25, 0.3) is 0 Å². The fraction of sp³-hybridized carbons (Fsp3) is 0.222. The number of para-hydroxylation sites is 1. The van der Waals surface area contributed by atoms with Gasteiger partial charge in [0.05, 0.1) is 0 Å². The highest BCUT2D eigenvalue weighted by Crippen LogP contribution is 2.10. The summed E-state index contributed by atoms with van der Waals surface area (Å²) in [6, 6.07) is 8.73. The van der Waals surface area contributed by atoms with Gasteiger partial charge in [-0.2, -0.15) is 0 Å². The molecule has 5 heteroatoms. The molecule has 1 rings (SSSR count). The van der Waals surface area contributed by atoms with Crippen LogP contribution in [0.3, 0.4) is 0 Å². The second-order valence-electron chi connectivity index (χ2n) is 2.49. The summed E-state index contributed by atoms with van der Waals surface area (Å²) in [4.78, 5) is 10.5. The fourth-order valence-corrected chi connectivity index (χ4v) is 0.863. The topological polar surface area (TPSA) is 72.5 Å². The molecule has 3 N–H and O–H groups in total. The molecule has 0 radical (unpaired) electrons. The molecule has 78 valence electrons. The Morgan fingerprint density at radius 2 is 2.00 bits per heavy atom. The van der Waals surface area contributed by atoms with Gasteiger partial charge in [-0.15, -0.1) is 12.4 Å². The molecule has 0 aliphatic rings. The highest BCUT2D eigenvalue weighted by molar-refractivity contribution is 5.85. The maximum absolute atomic E-state index is 10.5. The number of carboxylic acid groups (broad SMARTS) is 1. The lowest BCUT2D eigenvalue weighted by Crippen LogP contribution is -2.34. The zero-order valence-electron chi connectivity index (χ0n) is 7.42. The quantitative estimate of drug-likeness (QED) is 0.786. The van der Waals surface area contributed by atoms with E-state index < -0.39 is 12.1 Å². The molecule has 0 heterocycles. The Hall–Kier alpha value is -1.26. The van der Waals surface area contributed by atoms with Crippen LogP contribution in [-0.2, 0) is 4.79 Å². The lowest BCUT2D eigenvalue weighted by atomic mass is 10.3. The smallest absolute Gasteiger partial charge is 0.346 e. The number of carboxylic acids is 1. The van der Waals surface area contributed by atoms with E-state index in [0.29, 0.717) is 5.75 Å². The van der Waals surface area contributed by atoms with E-state index in [0.717, 1.165) is 0 Å². The Bertz CT molecular complexity index is 279. The number of aliphatic carboxylic acids is 1. The third-order valence-corrected chi connectivity index (χ3v) is 1.51. The number of ether oxygens (including phenoxy) is 1. The van der Waals surface area contributed by atoms with Crippen LogP contribution in [0.5, 0.6) is 5.75 Å². The van der Waals surface area contributed by atoms with Gasteiger partial charge in [-0.1, -0.05) is 18.2 Å². The molecule has 1 aromatic rings. The predicted molar refractivity (Wildman–Crippen MR) is 54.8 cm³/mol. The number of halogens is 1. The largest absolute Gasteiger partial charge is 0.478 e. The van der Waals surface area contributed by atoms with Crippen LogP contribution in [0.15, 0.2) is 30.3 Å². The molecule has 0 fully saturated rings. The molecule has 0 bridgehead atoms. The number of carbonyl (C=O) groups is 1. The van der Waals surface area contributed by atoms with Gasteiger partial charge in [-0.05, 0) is 12.1 Å². The molecule has 4 nitrogen and oxygen atoms in total. The van der Waals surface area contributed by atoms with Crippen molar-refractivity contribution >= 4 is 18.4 Å². The minimum Gasteiger partial charge on any atom is -0.478 e. The molecule has 0 saturated carbocycles. The summed E-state index contributed by atoms with van der Waals surface area (Å²) in [5.74, 6) is -0.535. The van der Waals surface area contributed by atoms with Crippen LogP contribution in [0.1, 0.15) is 0 Å². The van der Waals surface area contributed by atoms with Crippen molar-refractivity contribution in [1.82, 2.24) is 0 Å². The molecule has 0 spiro atoms. The summed E-state index contributed by atoms with van der Waals surface area (Å²) in [5, 5.41) is 8.63. The van der Waals surface area contributed by atoms with Crippen LogP contribution in [0, 0.1) is 0 Å². The Kier molecular flexibility index (Phi) is 5.67. The number of hydrogen-bond acceptors (Lipinski definition) is 3. The lowest BCUT2D eigenvalue weighted by Gasteiger charge is -2.12. The van der Waals surface area contributed by atoms with Crippen LogP contribution >= 0.6 is 12.4 Å². The Balaban J connectivity index is 0.00000169. The van der Waals surface area contributed by atoms with Gasteiger partial charge in [0.15, 0.2) is 0 Å². The van der Waals surface area contributed by atoms with Crippen molar-refractivity contribution in [3.8, 4) is 5.75 Å². The standard InChI is InChI=1S/C9H11NO3.ClH/c10-6-8(9(11)12)13-7-4-2-1-3-5-7;/h1-5,8H,6,10H2,(H,11,12);1H/t8-;/m1./s1. The van der Waals surface area contributed by atoms with E-state index >= 15 is 0 Å². The van der Waals surface area contributed by atoms with Gasteiger partial charge < -0.3 is 15.6 Å². The SMILES string of the molecule is Cl.NC[C@@H](Oc1ccccc1)C(=O)O. The van der Waals surface area contributed by atoms with Gasteiger partial charge in [0.2, 0.25) is 6.10 Å². The van der Waals surface area contributed by atoms with Gasteiger partial charge in [-0.25, -0.2) is 4.79 Å². The van der Waals surface area contributed by atoms with E-state index in [1.165, 1.54) is 0 Å². The lowest BCUT2D eigenvalue weighted by molar-refractivity contribution is -0.144. The zero-order valence-corrected chi connectivity index (χ0v) is 8.24. The van der Waals surface area contributed by atoms with Crippen LogP contribution < -0.4 is 10.5 Å². The first-order valence-electron chi connectivity index (χ1n) is 3.88. The first-order chi connectivity index (χ1) is 6.24. The van der Waals surface area contributed by atoms with E-state index in [1.54, 1.807) is 24.3 Å². The average Bonchev–Trinajstić information content (AvgIpc) is 2.15. The van der Waals surface area contributed by atoms with Gasteiger partial charge in [0.1, 0.15) is 5.75 Å². The maximum Gasteiger partial charge on any atom is 0.346 e. The number of nitrogens with two attached hydrogens (primary N) is 1. The number of rotatable bonds is 4. The third kappa shape index (κ3) is 3.64. The summed E-state index contributed by atoms with van der Waals surface area (Å²) in [7, 11) is 0. The normalized spacial score (nSPS) is 11.2. The zero-order chi connectivity index (χ0) is 9.68. The van der Waals surface area contributed by atoms with Crippen molar-refractivity contribution in [3.63, 3.8) is 0 Å². The molecular formula is C9H12ClNO3. The Labute approximate surface area is 88.1 Å². The van der Waals surface area contributed by atoms with E-state index in [-0.39, 0.29) is 19.0 Å². The summed E-state index contributed by atoms with van der Waals surface area (Å²) >= 11 is 0. The molecular weight excluding hydrogens is 206 g/mol. The summed E-state index contributed by atoms with van der Waals surface area (Å²) < 4.78 is 5.10. The molecule has 1 aromatic carbocycles. The molecule has 0 aromatic heterocycles. The van der Waals surface area contributed by atoms with Crippen LogP contribution in [0.4, 0.5) is 0 Å². The molecule has 0 unspecified atom stereocenters. The molecule has 1 atom stereocenters. The van der Waals surface area contributed by atoms with E-state index in [1.807, 2.05) is 6.07 Å². The van der Waals surface area contributed by atoms with Crippen molar-refractivity contribution in [3.05, 3.63) is 30.3 Å². The third-order valence-electron chi connectivity index (χ3n) is 1.51. The summed E-state index contributed by atoms with van der Waals surface area (Å²) in [6.07, 6.45) is -0.970. The summed E-state index contributed by atoms with van der Waals surface area (Å²) in [5.41, 5.74) is 5.22. The van der Waals surface area contributed by atoms with Crippen LogP contribution in [-0.4, -0.2) is 23.7 Å². The molecule has 0 amide bonds. The first kappa shape index (κ1) is 12.7. The second kappa shape index (κ2) is 6.23. The van der Waals surface area contributed by atoms with E-state index in [9.17, 15) is 4.79 Å². The highest BCUT2D eigenvalue weighted by Gasteiger charge is 2.16. The maximum atomic E-state index is 10.5. The molecule has 0 saturated heterocycles. The average molecular weight is 218 g/mol. The van der Waals surface area contributed by atoms with Crippen molar-refractivity contribution in [1.29, 1.82) is 0 Å². The second-order valence-corrected chi connectivity index (χ2v) is 2.49. The van der Waals surface area contributed by atoms with Crippen molar-refractivity contribution < 1.29 is 14.6 Å². The molecule has 14 heavy (non-hydrogen) atoms. The predicted octanol–water partition coefficient (Wildman–Crippen LogP) is 0.899. The minimum atomic E-state index is -1.05. The van der Waals surface area contributed by atoms with Gasteiger partial charge >= 0.3 is 5.97 Å². The van der Waals surface area contributed by atoms with Crippen molar-refractivity contribution in [2.24, 2.45) is 5.73 Å². The van der Waals surface area contributed by atoms with E-state index in [2.05, 4.69) is 0 Å². The number of hydrogen-bond donors (Lipinski definition) is 2. The Morgan fingerprint density at radius 1 is 1.43 bits per heavy atom. The van der Waals surface area contributed by atoms with Crippen molar-refractivity contribution in [2.45, 2.75) is 6.10 Å². The Morgan fingerprint density at radius 3 is 2.43 bits per heavy atom. The van der Waals surface area contributed by atoms with Crippen molar-refractivity contribution in [2.75, 3.05) is 6.54 Å². The summed E-state index contributed by atoms with van der Waals surface area (Å²) in [6.45, 7) is -0.0375. The monoisotopic (exact) mass is 217 g/mol. The van der Waals surface area contributed by atoms with Crippen LogP contribution in [0.25, 0.3) is 0 Å². The van der Waals surface area contributed by atoms with Gasteiger partial charge in [0, 0.05) is 6.54 Å². The fourth-order valence-electron chi connectivity index (χ4n) is 0.863. The molecule has 0 aliphatic carbocycles. The van der Waals surface area contributed by atoms with E-state index in [4.69, 9.17) is 15.6 Å². The van der Waals surface area contributed by atoms with Crippen LogP contribution in [0.2, 0.25) is 0 Å². The number of benzene rings is 1. The minimum absolute atomic E-state index is 0.